The lowest BCUT2D eigenvalue weighted by molar-refractivity contribution is -0.129. The van der Waals surface area contributed by atoms with E-state index >= 15 is 0 Å². The topological polar surface area (TPSA) is 58.6 Å². The number of amides is 2. The summed E-state index contributed by atoms with van der Waals surface area (Å²) in [5.41, 5.74) is 3.65. The fraction of sp³-hybridized carbons (Fsp3) is 0.154. The van der Waals surface area contributed by atoms with Gasteiger partial charge in [0.15, 0.2) is 5.75 Å². The summed E-state index contributed by atoms with van der Waals surface area (Å²) in [5, 5.41) is 2.96. The molecule has 2 amide bonds. The number of hydrogen-bond acceptors (Lipinski definition) is 3. The monoisotopic (exact) mass is 412 g/mol. The molecule has 1 heterocycles. The van der Waals surface area contributed by atoms with E-state index in [-0.39, 0.29) is 24.3 Å². The Morgan fingerprint density at radius 3 is 2.58 bits per heavy atom. The highest BCUT2D eigenvalue weighted by Crippen LogP contribution is 2.34. The second kappa shape index (κ2) is 8.88. The Bertz CT molecular complexity index is 1150. The lowest BCUT2D eigenvalue weighted by Gasteiger charge is -2.32. The molecule has 3 aromatic carbocycles. The van der Waals surface area contributed by atoms with Gasteiger partial charge in [0.2, 0.25) is 11.8 Å². The number of ether oxygens (including phenoxy) is 1. The van der Waals surface area contributed by atoms with Crippen LogP contribution in [-0.4, -0.2) is 16.7 Å². The van der Waals surface area contributed by atoms with E-state index in [1.165, 1.54) is 6.92 Å². The Morgan fingerprint density at radius 1 is 1.00 bits per heavy atom. The van der Waals surface area contributed by atoms with Crippen molar-refractivity contribution in [2.24, 2.45) is 0 Å². The van der Waals surface area contributed by atoms with Crippen molar-refractivity contribution in [2.75, 3.05) is 5.32 Å². The quantitative estimate of drug-likeness (QED) is 0.586. The highest BCUT2D eigenvalue weighted by Gasteiger charge is 2.28. The van der Waals surface area contributed by atoms with Gasteiger partial charge >= 0.3 is 0 Å². The molecular formula is C26H24N2O3. The molecule has 1 aliphatic heterocycles. The summed E-state index contributed by atoms with van der Waals surface area (Å²) >= 11 is 0. The molecule has 0 aliphatic carbocycles. The molecule has 0 fully saturated rings. The van der Waals surface area contributed by atoms with Crippen LogP contribution < -0.4 is 10.1 Å². The van der Waals surface area contributed by atoms with Crippen molar-refractivity contribution < 1.29 is 14.3 Å². The first kappa shape index (κ1) is 20.4. The molecule has 156 valence electrons. The predicted molar refractivity (Wildman–Crippen MR) is 122 cm³/mol. The molecule has 4 rings (SSSR count). The summed E-state index contributed by atoms with van der Waals surface area (Å²) in [7, 11) is 0. The zero-order valence-corrected chi connectivity index (χ0v) is 17.5. The molecule has 0 saturated carbocycles. The van der Waals surface area contributed by atoms with Gasteiger partial charge in [0, 0.05) is 13.1 Å². The van der Waals surface area contributed by atoms with Gasteiger partial charge < -0.3 is 15.0 Å². The van der Waals surface area contributed by atoms with E-state index in [2.05, 4.69) is 5.32 Å². The minimum absolute atomic E-state index is 0.105. The number of fused-ring (bicyclic) bond motifs is 1. The lowest BCUT2D eigenvalue weighted by Crippen LogP contribution is -2.33. The van der Waals surface area contributed by atoms with Crippen LogP contribution in [0.4, 0.5) is 5.69 Å². The van der Waals surface area contributed by atoms with Gasteiger partial charge in [-0.15, -0.1) is 0 Å². The zero-order chi connectivity index (χ0) is 21.8. The molecule has 1 unspecified atom stereocenters. The van der Waals surface area contributed by atoms with E-state index in [9.17, 15) is 9.59 Å². The van der Waals surface area contributed by atoms with Crippen LogP contribution in [0.3, 0.4) is 0 Å². The van der Waals surface area contributed by atoms with Crippen molar-refractivity contribution in [1.29, 1.82) is 0 Å². The van der Waals surface area contributed by atoms with Crippen LogP contribution in [0.2, 0.25) is 0 Å². The summed E-state index contributed by atoms with van der Waals surface area (Å²) in [6, 6.07) is 22.5. The Labute approximate surface area is 182 Å². The van der Waals surface area contributed by atoms with Crippen molar-refractivity contribution in [3.8, 4) is 11.5 Å². The van der Waals surface area contributed by atoms with E-state index in [0.29, 0.717) is 17.2 Å². The molecule has 1 atom stereocenters. The minimum atomic E-state index is -0.358. The number of carbonyl (C=O) groups is 2. The Kier molecular flexibility index (Phi) is 5.85. The second-order valence-electron chi connectivity index (χ2n) is 7.55. The molecule has 5 heteroatoms. The van der Waals surface area contributed by atoms with Crippen molar-refractivity contribution in [3.05, 3.63) is 95.7 Å². The smallest absolute Gasteiger partial charge is 0.226 e. The fourth-order valence-electron chi connectivity index (χ4n) is 3.75. The summed E-state index contributed by atoms with van der Waals surface area (Å²) in [4.78, 5) is 26.8. The van der Waals surface area contributed by atoms with Gasteiger partial charge in [0.25, 0.3) is 0 Å². The Balaban J connectivity index is 1.54. The van der Waals surface area contributed by atoms with Crippen molar-refractivity contribution >= 4 is 23.6 Å². The molecule has 0 saturated heterocycles. The average molecular weight is 412 g/mol. The molecule has 1 N–H and O–H groups in total. The number of nitrogens with one attached hydrogen (secondary N) is 1. The number of para-hydroxylation sites is 2. The summed E-state index contributed by atoms with van der Waals surface area (Å²) in [6.45, 7) is 3.51. The SMILES string of the molecule is CC(=O)N1C=Cc2ccccc2C1CC(=O)Nc1ccccc1Oc1cccc(C)c1. The largest absolute Gasteiger partial charge is 0.455 e. The highest BCUT2D eigenvalue weighted by molar-refractivity contribution is 5.93. The average Bonchev–Trinajstić information content (AvgIpc) is 2.75. The van der Waals surface area contributed by atoms with Gasteiger partial charge in [-0.3, -0.25) is 9.59 Å². The first-order valence-corrected chi connectivity index (χ1v) is 10.2. The lowest BCUT2D eigenvalue weighted by atomic mass is 9.93. The second-order valence-corrected chi connectivity index (χ2v) is 7.55. The molecule has 0 bridgehead atoms. The number of benzene rings is 3. The van der Waals surface area contributed by atoms with Crippen molar-refractivity contribution in [1.82, 2.24) is 4.90 Å². The fourth-order valence-corrected chi connectivity index (χ4v) is 3.75. The molecule has 3 aromatic rings. The van der Waals surface area contributed by atoms with E-state index in [1.807, 2.05) is 79.7 Å². The van der Waals surface area contributed by atoms with Crippen LogP contribution in [0.5, 0.6) is 11.5 Å². The molecule has 5 nitrogen and oxygen atoms in total. The van der Waals surface area contributed by atoms with Crippen LogP contribution in [0.15, 0.2) is 79.0 Å². The number of carbonyl (C=O) groups excluding carboxylic acids is 2. The minimum Gasteiger partial charge on any atom is -0.455 e. The van der Waals surface area contributed by atoms with E-state index < -0.39 is 0 Å². The highest BCUT2D eigenvalue weighted by atomic mass is 16.5. The van der Waals surface area contributed by atoms with Gasteiger partial charge in [-0.1, -0.05) is 48.5 Å². The third-order valence-electron chi connectivity index (χ3n) is 5.23. The van der Waals surface area contributed by atoms with Crippen LogP contribution in [0, 0.1) is 6.92 Å². The van der Waals surface area contributed by atoms with Gasteiger partial charge in [0.1, 0.15) is 5.75 Å². The first-order valence-electron chi connectivity index (χ1n) is 10.2. The summed E-state index contributed by atoms with van der Waals surface area (Å²) in [6.07, 6.45) is 3.78. The van der Waals surface area contributed by atoms with Crippen LogP contribution in [0.1, 0.15) is 36.1 Å². The molecule has 0 radical (unpaired) electrons. The number of hydrogen-bond donors (Lipinski definition) is 1. The normalized spacial score (nSPS) is 14.6. The summed E-state index contributed by atoms with van der Waals surface area (Å²) in [5.74, 6) is 0.970. The third kappa shape index (κ3) is 4.67. The van der Waals surface area contributed by atoms with Gasteiger partial charge in [-0.2, -0.15) is 0 Å². The van der Waals surface area contributed by atoms with Gasteiger partial charge in [-0.05, 0) is 54.0 Å². The van der Waals surface area contributed by atoms with Gasteiger partial charge in [0.05, 0.1) is 18.2 Å². The standard InChI is InChI=1S/C26H24N2O3/c1-18-8-7-10-21(16-18)31-25-13-6-5-12-23(25)27-26(30)17-24-22-11-4-3-9-20(22)14-15-28(24)19(2)29/h3-16,24H,17H2,1-2H3,(H,27,30). The van der Waals surface area contributed by atoms with Crippen LogP contribution >= 0.6 is 0 Å². The zero-order valence-electron chi connectivity index (χ0n) is 17.5. The molecular weight excluding hydrogens is 388 g/mol. The molecule has 0 spiro atoms. The van der Waals surface area contributed by atoms with Crippen molar-refractivity contribution in [2.45, 2.75) is 26.3 Å². The molecule has 31 heavy (non-hydrogen) atoms. The maximum Gasteiger partial charge on any atom is 0.226 e. The third-order valence-corrected chi connectivity index (χ3v) is 5.23. The number of rotatable bonds is 5. The molecule has 1 aliphatic rings. The van der Waals surface area contributed by atoms with E-state index in [4.69, 9.17) is 4.74 Å². The first-order chi connectivity index (χ1) is 15.0. The number of anilines is 1. The van der Waals surface area contributed by atoms with Gasteiger partial charge in [-0.25, -0.2) is 0 Å². The maximum absolute atomic E-state index is 13.0. The molecule has 0 aromatic heterocycles. The van der Waals surface area contributed by atoms with Crippen LogP contribution in [0.25, 0.3) is 6.08 Å². The van der Waals surface area contributed by atoms with Crippen molar-refractivity contribution in [3.63, 3.8) is 0 Å². The Hall–Kier alpha value is -3.86. The number of aryl methyl sites for hydroxylation is 1. The number of nitrogens with zero attached hydrogens (tertiary/aromatic N) is 1. The van der Waals surface area contributed by atoms with E-state index in [0.717, 1.165) is 16.7 Å². The van der Waals surface area contributed by atoms with E-state index in [1.54, 1.807) is 17.2 Å². The summed E-state index contributed by atoms with van der Waals surface area (Å²) < 4.78 is 6.01. The predicted octanol–water partition coefficient (Wildman–Crippen LogP) is 5.69. The maximum atomic E-state index is 13.0. The Morgan fingerprint density at radius 2 is 1.77 bits per heavy atom. The van der Waals surface area contributed by atoms with Crippen LogP contribution in [-0.2, 0) is 9.59 Å².